The van der Waals surface area contributed by atoms with Gasteiger partial charge in [0.2, 0.25) is 0 Å². The molecule has 106 valence electrons. The highest BCUT2D eigenvalue weighted by Gasteiger charge is 2.35. The van der Waals surface area contributed by atoms with Crippen LogP contribution in [0.1, 0.15) is 36.2 Å². The minimum atomic E-state index is -4.58. The lowest BCUT2D eigenvalue weighted by atomic mass is 10.1. The number of rotatable bonds is 4. The summed E-state index contributed by atoms with van der Waals surface area (Å²) in [5, 5.41) is 2.60. The molecule has 0 spiro atoms. The number of anilines is 1. The Bertz CT molecular complexity index is 460. The molecule has 4 N–H and O–H groups in total. The van der Waals surface area contributed by atoms with Gasteiger partial charge in [-0.1, -0.05) is 13.0 Å². The van der Waals surface area contributed by atoms with E-state index in [-0.39, 0.29) is 11.6 Å². The number of nitrogen functional groups attached to an aromatic ring is 1. The van der Waals surface area contributed by atoms with E-state index in [1.807, 2.05) is 12.3 Å². The van der Waals surface area contributed by atoms with Crippen LogP contribution in [0.5, 0.6) is 0 Å². The summed E-state index contributed by atoms with van der Waals surface area (Å²) in [6.07, 6.45) is -3.90. The molecule has 0 aromatic heterocycles. The molecule has 0 aliphatic rings. The fourth-order valence-electron chi connectivity index (χ4n) is 1.54. The van der Waals surface area contributed by atoms with Crippen molar-refractivity contribution in [3.8, 4) is 0 Å². The third kappa shape index (κ3) is 3.60. The van der Waals surface area contributed by atoms with Crippen LogP contribution in [0.3, 0.4) is 0 Å². The van der Waals surface area contributed by atoms with Gasteiger partial charge in [0.15, 0.2) is 0 Å². The van der Waals surface area contributed by atoms with Crippen LogP contribution < -0.4 is 16.6 Å². The minimum absolute atomic E-state index is 0.127. The zero-order valence-corrected chi connectivity index (χ0v) is 10.6. The predicted octanol–water partition coefficient (Wildman–Crippen LogP) is 2.52. The zero-order chi connectivity index (χ0) is 14.6. The number of benzene rings is 1. The van der Waals surface area contributed by atoms with Crippen LogP contribution >= 0.6 is 0 Å². The SMILES string of the molecule is CCC(C)NC(=O)c1cccc(C(F)(F)F)c1NN. The lowest BCUT2D eigenvalue weighted by Gasteiger charge is -2.17. The second-order valence-electron chi connectivity index (χ2n) is 4.15. The molecule has 1 unspecified atom stereocenters. The molecule has 0 aliphatic heterocycles. The van der Waals surface area contributed by atoms with Crippen LogP contribution in [0.25, 0.3) is 0 Å². The first-order chi connectivity index (χ1) is 8.81. The highest BCUT2D eigenvalue weighted by Crippen LogP contribution is 2.36. The molecule has 1 amide bonds. The zero-order valence-electron chi connectivity index (χ0n) is 10.6. The lowest BCUT2D eigenvalue weighted by molar-refractivity contribution is -0.137. The van der Waals surface area contributed by atoms with Gasteiger partial charge in [-0.15, -0.1) is 0 Å². The average molecular weight is 275 g/mol. The van der Waals surface area contributed by atoms with Crippen molar-refractivity contribution in [3.05, 3.63) is 29.3 Å². The Kier molecular flexibility index (Phi) is 4.77. The van der Waals surface area contributed by atoms with Gasteiger partial charge in [0.1, 0.15) is 0 Å². The van der Waals surface area contributed by atoms with Gasteiger partial charge in [-0.05, 0) is 25.5 Å². The fourth-order valence-corrected chi connectivity index (χ4v) is 1.54. The Morgan fingerprint density at radius 3 is 2.53 bits per heavy atom. The average Bonchev–Trinajstić information content (AvgIpc) is 2.36. The molecule has 0 bridgehead atoms. The summed E-state index contributed by atoms with van der Waals surface area (Å²) in [7, 11) is 0. The molecule has 0 saturated heterocycles. The minimum Gasteiger partial charge on any atom is -0.350 e. The van der Waals surface area contributed by atoms with Crippen LogP contribution in [0.15, 0.2) is 18.2 Å². The number of alkyl halides is 3. The summed E-state index contributed by atoms with van der Waals surface area (Å²) in [6.45, 7) is 3.63. The third-order valence-electron chi connectivity index (χ3n) is 2.75. The summed E-state index contributed by atoms with van der Waals surface area (Å²) < 4.78 is 38.3. The molecular weight excluding hydrogens is 259 g/mol. The maximum absolute atomic E-state index is 12.8. The number of halogens is 3. The number of hydrazine groups is 1. The van der Waals surface area contributed by atoms with Crippen LogP contribution in [-0.4, -0.2) is 11.9 Å². The molecule has 1 aromatic rings. The van der Waals surface area contributed by atoms with Crippen molar-refractivity contribution in [2.75, 3.05) is 5.43 Å². The van der Waals surface area contributed by atoms with E-state index in [4.69, 9.17) is 5.84 Å². The number of carbonyl (C=O) groups is 1. The molecule has 0 fully saturated rings. The van der Waals surface area contributed by atoms with E-state index in [0.29, 0.717) is 6.42 Å². The maximum atomic E-state index is 12.8. The largest absolute Gasteiger partial charge is 0.418 e. The van der Waals surface area contributed by atoms with Crippen molar-refractivity contribution in [3.63, 3.8) is 0 Å². The van der Waals surface area contributed by atoms with Crippen LogP contribution in [0.2, 0.25) is 0 Å². The second-order valence-corrected chi connectivity index (χ2v) is 4.15. The number of carbonyl (C=O) groups excluding carboxylic acids is 1. The van der Waals surface area contributed by atoms with E-state index in [1.54, 1.807) is 6.92 Å². The fraction of sp³-hybridized carbons (Fsp3) is 0.417. The molecule has 0 heterocycles. The molecule has 0 radical (unpaired) electrons. The van der Waals surface area contributed by atoms with Crippen molar-refractivity contribution in [2.45, 2.75) is 32.5 Å². The molecule has 19 heavy (non-hydrogen) atoms. The number of nitrogens with two attached hydrogens (primary N) is 1. The number of hydrogen-bond acceptors (Lipinski definition) is 3. The standard InChI is InChI=1S/C12H16F3N3O/c1-3-7(2)17-11(19)8-5-4-6-9(10(8)18-16)12(13,14)15/h4-7,18H,3,16H2,1-2H3,(H,17,19). The van der Waals surface area contributed by atoms with Gasteiger partial charge < -0.3 is 10.7 Å². The van der Waals surface area contributed by atoms with Crippen LogP contribution in [0.4, 0.5) is 18.9 Å². The Balaban J connectivity index is 3.18. The molecule has 0 aliphatic carbocycles. The van der Waals surface area contributed by atoms with Gasteiger partial charge in [-0.2, -0.15) is 13.2 Å². The predicted molar refractivity (Wildman–Crippen MR) is 66.5 cm³/mol. The number of nitrogens with one attached hydrogen (secondary N) is 2. The van der Waals surface area contributed by atoms with Crippen molar-refractivity contribution in [1.29, 1.82) is 0 Å². The Morgan fingerprint density at radius 1 is 1.42 bits per heavy atom. The Labute approximate surface area is 109 Å². The van der Waals surface area contributed by atoms with Crippen molar-refractivity contribution in [1.82, 2.24) is 5.32 Å². The first-order valence-corrected chi connectivity index (χ1v) is 5.79. The van der Waals surface area contributed by atoms with E-state index in [0.717, 1.165) is 6.07 Å². The summed E-state index contributed by atoms with van der Waals surface area (Å²) in [4.78, 5) is 11.9. The topological polar surface area (TPSA) is 67.2 Å². The van der Waals surface area contributed by atoms with Crippen LogP contribution in [0, 0.1) is 0 Å². The van der Waals surface area contributed by atoms with Gasteiger partial charge in [0.05, 0.1) is 16.8 Å². The molecule has 1 atom stereocenters. The molecule has 1 rings (SSSR count). The molecule has 1 aromatic carbocycles. The van der Waals surface area contributed by atoms with Gasteiger partial charge in [-0.3, -0.25) is 10.6 Å². The van der Waals surface area contributed by atoms with Gasteiger partial charge in [0, 0.05) is 6.04 Å². The van der Waals surface area contributed by atoms with Crippen molar-refractivity contribution < 1.29 is 18.0 Å². The van der Waals surface area contributed by atoms with Crippen molar-refractivity contribution in [2.24, 2.45) is 5.84 Å². The quantitative estimate of drug-likeness (QED) is 0.584. The van der Waals surface area contributed by atoms with E-state index in [1.165, 1.54) is 12.1 Å². The normalized spacial score (nSPS) is 12.9. The van der Waals surface area contributed by atoms with E-state index in [2.05, 4.69) is 5.32 Å². The van der Waals surface area contributed by atoms with E-state index >= 15 is 0 Å². The second kappa shape index (κ2) is 5.92. The highest BCUT2D eigenvalue weighted by atomic mass is 19.4. The third-order valence-corrected chi connectivity index (χ3v) is 2.75. The summed E-state index contributed by atoms with van der Waals surface area (Å²) in [6, 6.07) is 3.21. The van der Waals surface area contributed by atoms with Gasteiger partial charge in [-0.25, -0.2) is 0 Å². The maximum Gasteiger partial charge on any atom is 0.418 e. The smallest absolute Gasteiger partial charge is 0.350 e. The lowest BCUT2D eigenvalue weighted by Crippen LogP contribution is -2.33. The highest BCUT2D eigenvalue weighted by molar-refractivity contribution is 6.00. The Morgan fingerprint density at radius 2 is 2.05 bits per heavy atom. The number of amides is 1. The summed E-state index contributed by atoms with van der Waals surface area (Å²) in [5.74, 6) is 4.53. The summed E-state index contributed by atoms with van der Waals surface area (Å²) >= 11 is 0. The van der Waals surface area contributed by atoms with Gasteiger partial charge in [0.25, 0.3) is 5.91 Å². The first kappa shape index (κ1) is 15.3. The van der Waals surface area contributed by atoms with Crippen molar-refractivity contribution >= 4 is 11.6 Å². The van der Waals surface area contributed by atoms with E-state index < -0.39 is 23.3 Å². The molecule has 4 nitrogen and oxygen atoms in total. The molecular formula is C12H16F3N3O. The Hall–Kier alpha value is -1.76. The van der Waals surface area contributed by atoms with E-state index in [9.17, 15) is 18.0 Å². The number of hydrogen-bond donors (Lipinski definition) is 3. The van der Waals surface area contributed by atoms with Gasteiger partial charge >= 0.3 is 6.18 Å². The van der Waals surface area contributed by atoms with Crippen LogP contribution in [-0.2, 0) is 6.18 Å². The molecule has 0 saturated carbocycles. The first-order valence-electron chi connectivity index (χ1n) is 5.79. The summed E-state index contributed by atoms with van der Waals surface area (Å²) in [5.41, 5.74) is 0.448. The molecule has 7 heteroatoms. The monoisotopic (exact) mass is 275 g/mol. The number of para-hydroxylation sites is 1.